The first-order valence-electron chi connectivity index (χ1n) is 6.11. The van der Waals surface area contributed by atoms with Gasteiger partial charge in [-0.25, -0.2) is 0 Å². The molecule has 3 rings (SSSR count). The SMILES string of the molecule is CC=C1Cc2ccccc2C12CCCC2. The molecule has 0 amide bonds. The zero-order chi connectivity index (χ0) is 10.3. The van der Waals surface area contributed by atoms with Gasteiger partial charge in [-0.05, 0) is 37.3 Å². The molecule has 1 fully saturated rings. The Kier molecular flexibility index (Phi) is 1.98. The fourth-order valence-electron chi connectivity index (χ4n) is 3.64. The highest BCUT2D eigenvalue weighted by molar-refractivity contribution is 5.51. The summed E-state index contributed by atoms with van der Waals surface area (Å²) in [6.07, 6.45) is 9.14. The molecule has 2 aliphatic carbocycles. The third-order valence-corrected chi connectivity index (χ3v) is 4.33. The molecule has 0 saturated heterocycles. The number of hydrogen-bond donors (Lipinski definition) is 0. The molecule has 0 radical (unpaired) electrons. The van der Waals surface area contributed by atoms with Crippen LogP contribution in [0.1, 0.15) is 43.7 Å². The summed E-state index contributed by atoms with van der Waals surface area (Å²) in [6, 6.07) is 9.06. The van der Waals surface area contributed by atoms with Gasteiger partial charge >= 0.3 is 0 Å². The van der Waals surface area contributed by atoms with Crippen LogP contribution in [0.5, 0.6) is 0 Å². The van der Waals surface area contributed by atoms with Gasteiger partial charge in [-0.2, -0.15) is 0 Å². The van der Waals surface area contributed by atoms with Gasteiger partial charge in [0.05, 0.1) is 0 Å². The molecule has 0 heteroatoms. The van der Waals surface area contributed by atoms with Crippen LogP contribution in [0.25, 0.3) is 0 Å². The van der Waals surface area contributed by atoms with Crippen LogP contribution in [0, 0.1) is 0 Å². The molecular formula is C15H18. The van der Waals surface area contributed by atoms with E-state index in [1.54, 1.807) is 16.7 Å². The highest BCUT2D eigenvalue weighted by Crippen LogP contribution is 2.52. The van der Waals surface area contributed by atoms with E-state index in [9.17, 15) is 0 Å². The Morgan fingerprint density at radius 1 is 1.13 bits per heavy atom. The van der Waals surface area contributed by atoms with Crippen molar-refractivity contribution in [1.82, 2.24) is 0 Å². The van der Waals surface area contributed by atoms with E-state index in [1.807, 2.05) is 0 Å². The summed E-state index contributed by atoms with van der Waals surface area (Å²) in [5, 5.41) is 0. The molecule has 0 aliphatic heterocycles. The molecule has 0 unspecified atom stereocenters. The van der Waals surface area contributed by atoms with Gasteiger partial charge in [0.15, 0.2) is 0 Å². The van der Waals surface area contributed by atoms with E-state index in [0.29, 0.717) is 5.41 Å². The summed E-state index contributed by atoms with van der Waals surface area (Å²) in [7, 11) is 0. The molecule has 0 nitrogen and oxygen atoms in total. The van der Waals surface area contributed by atoms with Gasteiger partial charge in [0.1, 0.15) is 0 Å². The molecule has 1 aromatic carbocycles. The molecule has 0 aromatic heterocycles. The molecule has 1 aromatic rings. The van der Waals surface area contributed by atoms with Crippen molar-refractivity contribution >= 4 is 0 Å². The third-order valence-electron chi connectivity index (χ3n) is 4.33. The van der Waals surface area contributed by atoms with Crippen LogP contribution in [-0.2, 0) is 11.8 Å². The Bertz CT molecular complexity index is 406. The Balaban J connectivity index is 2.19. The summed E-state index contributed by atoms with van der Waals surface area (Å²) < 4.78 is 0. The minimum absolute atomic E-state index is 0.450. The molecule has 2 aliphatic rings. The number of allylic oxidation sites excluding steroid dienone is 2. The fourth-order valence-corrected chi connectivity index (χ4v) is 3.64. The minimum atomic E-state index is 0.450. The first kappa shape index (κ1) is 9.21. The molecule has 78 valence electrons. The van der Waals surface area contributed by atoms with Gasteiger partial charge in [-0.1, -0.05) is 48.8 Å². The second kappa shape index (κ2) is 3.23. The minimum Gasteiger partial charge on any atom is -0.0872 e. The maximum Gasteiger partial charge on any atom is 0.0168 e. The zero-order valence-corrected chi connectivity index (χ0v) is 9.42. The van der Waals surface area contributed by atoms with Crippen molar-refractivity contribution in [3.63, 3.8) is 0 Å². The Morgan fingerprint density at radius 2 is 1.87 bits per heavy atom. The standard InChI is InChI=1S/C15H18/c1-2-13-11-12-7-3-4-8-14(12)15(13)9-5-6-10-15/h2-4,7-8H,5-6,9-11H2,1H3. The largest absolute Gasteiger partial charge is 0.0872 e. The van der Waals surface area contributed by atoms with E-state index in [-0.39, 0.29) is 0 Å². The molecular weight excluding hydrogens is 180 g/mol. The van der Waals surface area contributed by atoms with Gasteiger partial charge in [0, 0.05) is 5.41 Å². The Hall–Kier alpha value is -1.04. The van der Waals surface area contributed by atoms with Crippen LogP contribution in [0.3, 0.4) is 0 Å². The van der Waals surface area contributed by atoms with Gasteiger partial charge in [-0.3, -0.25) is 0 Å². The predicted molar refractivity (Wildman–Crippen MR) is 64.0 cm³/mol. The smallest absolute Gasteiger partial charge is 0.0168 e. The lowest BCUT2D eigenvalue weighted by Crippen LogP contribution is -2.20. The van der Waals surface area contributed by atoms with Gasteiger partial charge in [0.2, 0.25) is 0 Å². The maximum atomic E-state index is 2.37. The van der Waals surface area contributed by atoms with Crippen molar-refractivity contribution in [2.75, 3.05) is 0 Å². The second-order valence-electron chi connectivity index (χ2n) is 4.94. The summed E-state index contributed by atoms with van der Waals surface area (Å²) >= 11 is 0. The van der Waals surface area contributed by atoms with Crippen LogP contribution in [0.2, 0.25) is 0 Å². The van der Waals surface area contributed by atoms with E-state index < -0.39 is 0 Å². The number of fused-ring (bicyclic) bond motifs is 2. The van der Waals surface area contributed by atoms with Gasteiger partial charge in [-0.15, -0.1) is 0 Å². The van der Waals surface area contributed by atoms with Crippen LogP contribution in [-0.4, -0.2) is 0 Å². The van der Waals surface area contributed by atoms with Crippen LogP contribution >= 0.6 is 0 Å². The number of hydrogen-bond acceptors (Lipinski definition) is 0. The fraction of sp³-hybridized carbons (Fsp3) is 0.467. The highest BCUT2D eigenvalue weighted by Gasteiger charge is 2.43. The van der Waals surface area contributed by atoms with E-state index in [1.165, 1.54) is 32.1 Å². The highest BCUT2D eigenvalue weighted by atomic mass is 14.5. The summed E-state index contributed by atoms with van der Waals surface area (Å²) in [4.78, 5) is 0. The number of benzene rings is 1. The quantitative estimate of drug-likeness (QED) is 0.553. The summed E-state index contributed by atoms with van der Waals surface area (Å²) in [6.45, 7) is 2.21. The van der Waals surface area contributed by atoms with E-state index in [0.717, 1.165) is 0 Å². The lowest BCUT2D eigenvalue weighted by atomic mass is 9.77. The first-order valence-corrected chi connectivity index (χ1v) is 6.11. The van der Waals surface area contributed by atoms with Crippen molar-refractivity contribution in [1.29, 1.82) is 0 Å². The monoisotopic (exact) mass is 198 g/mol. The average molecular weight is 198 g/mol. The Morgan fingerprint density at radius 3 is 2.60 bits per heavy atom. The van der Waals surface area contributed by atoms with Crippen LogP contribution < -0.4 is 0 Å². The normalized spacial score (nSPS) is 25.0. The van der Waals surface area contributed by atoms with E-state index >= 15 is 0 Å². The lowest BCUT2D eigenvalue weighted by molar-refractivity contribution is 0.537. The average Bonchev–Trinajstić information content (AvgIpc) is 2.87. The van der Waals surface area contributed by atoms with Crippen molar-refractivity contribution in [2.24, 2.45) is 0 Å². The summed E-state index contributed by atoms with van der Waals surface area (Å²) in [5.41, 5.74) is 5.34. The zero-order valence-electron chi connectivity index (χ0n) is 9.42. The topological polar surface area (TPSA) is 0 Å². The van der Waals surface area contributed by atoms with Crippen molar-refractivity contribution in [3.05, 3.63) is 47.0 Å². The number of rotatable bonds is 0. The molecule has 0 N–H and O–H groups in total. The molecule has 15 heavy (non-hydrogen) atoms. The first-order chi connectivity index (χ1) is 7.37. The molecule has 0 atom stereocenters. The molecule has 1 spiro atoms. The summed E-state index contributed by atoms with van der Waals surface area (Å²) in [5.74, 6) is 0. The molecule has 0 heterocycles. The predicted octanol–water partition coefficient (Wildman–Crippen LogP) is 4.00. The second-order valence-corrected chi connectivity index (χ2v) is 4.94. The van der Waals surface area contributed by atoms with Crippen molar-refractivity contribution < 1.29 is 0 Å². The van der Waals surface area contributed by atoms with Gasteiger partial charge < -0.3 is 0 Å². The third kappa shape index (κ3) is 1.14. The lowest BCUT2D eigenvalue weighted by Gasteiger charge is -2.26. The van der Waals surface area contributed by atoms with Crippen molar-refractivity contribution in [3.8, 4) is 0 Å². The van der Waals surface area contributed by atoms with E-state index in [4.69, 9.17) is 0 Å². The molecule has 1 saturated carbocycles. The maximum absolute atomic E-state index is 2.37. The van der Waals surface area contributed by atoms with Crippen LogP contribution in [0.15, 0.2) is 35.9 Å². The van der Waals surface area contributed by atoms with Gasteiger partial charge in [0.25, 0.3) is 0 Å². The van der Waals surface area contributed by atoms with Crippen LogP contribution in [0.4, 0.5) is 0 Å². The molecule has 0 bridgehead atoms. The Labute approximate surface area is 92.0 Å². The van der Waals surface area contributed by atoms with E-state index in [2.05, 4.69) is 37.3 Å². The van der Waals surface area contributed by atoms with Crippen molar-refractivity contribution in [2.45, 2.75) is 44.4 Å².